The lowest BCUT2D eigenvalue weighted by Gasteiger charge is -2.26. The van der Waals surface area contributed by atoms with Crippen molar-refractivity contribution in [3.8, 4) is 11.6 Å². The number of nitrogens with one attached hydrogen (secondary N) is 1. The van der Waals surface area contributed by atoms with Crippen LogP contribution in [0.25, 0.3) is 11.6 Å². The molecule has 30 heavy (non-hydrogen) atoms. The van der Waals surface area contributed by atoms with Gasteiger partial charge >= 0.3 is 0 Å². The largest absolute Gasteiger partial charge is 0.458 e. The van der Waals surface area contributed by atoms with Gasteiger partial charge in [-0.15, -0.1) is 10.2 Å². The van der Waals surface area contributed by atoms with Crippen molar-refractivity contribution in [3.63, 3.8) is 0 Å². The van der Waals surface area contributed by atoms with Gasteiger partial charge in [-0.05, 0) is 63.6 Å². The molecule has 0 atom stereocenters. The molecule has 2 aromatic heterocycles. The molecule has 3 rings (SSSR count). The van der Waals surface area contributed by atoms with Crippen LogP contribution < -0.4 is 10.2 Å². The summed E-state index contributed by atoms with van der Waals surface area (Å²) < 4.78 is 5.49. The van der Waals surface area contributed by atoms with Crippen molar-refractivity contribution in [2.45, 2.75) is 46.7 Å². The summed E-state index contributed by atoms with van der Waals surface area (Å²) in [5, 5.41) is 15.0. The Morgan fingerprint density at radius 3 is 2.50 bits per heavy atom. The van der Waals surface area contributed by atoms with Gasteiger partial charge in [0.25, 0.3) is 5.91 Å². The molecule has 0 aliphatic rings. The number of amides is 2. The Morgan fingerprint density at radius 2 is 1.87 bits per heavy atom. The third kappa shape index (κ3) is 5.31. The predicted molar refractivity (Wildman–Crippen MR) is 112 cm³/mol. The van der Waals surface area contributed by atoms with Crippen molar-refractivity contribution in [3.05, 3.63) is 47.7 Å². The minimum absolute atomic E-state index is 0.111. The number of tetrazole rings is 1. The fraction of sp³-hybridized carbons (Fsp3) is 0.381. The van der Waals surface area contributed by atoms with Gasteiger partial charge in [-0.3, -0.25) is 9.59 Å². The van der Waals surface area contributed by atoms with Crippen LogP contribution in [0.5, 0.6) is 0 Å². The van der Waals surface area contributed by atoms with E-state index in [-0.39, 0.29) is 24.9 Å². The van der Waals surface area contributed by atoms with Crippen LogP contribution in [-0.4, -0.2) is 44.1 Å². The average Bonchev–Trinajstić information content (AvgIpc) is 3.28. The molecular formula is C21H26N6O3. The molecule has 158 valence electrons. The zero-order valence-corrected chi connectivity index (χ0v) is 17.8. The average molecular weight is 410 g/mol. The fourth-order valence-electron chi connectivity index (χ4n) is 2.95. The van der Waals surface area contributed by atoms with Gasteiger partial charge in [0.05, 0.1) is 0 Å². The van der Waals surface area contributed by atoms with Crippen LogP contribution in [0.3, 0.4) is 0 Å². The first-order valence-corrected chi connectivity index (χ1v) is 9.64. The van der Waals surface area contributed by atoms with Crippen LogP contribution in [0, 0.1) is 13.8 Å². The first kappa shape index (κ1) is 21.2. The first-order chi connectivity index (χ1) is 14.1. The minimum atomic E-state index is -0.402. The van der Waals surface area contributed by atoms with E-state index in [1.165, 1.54) is 9.70 Å². The van der Waals surface area contributed by atoms with Gasteiger partial charge in [-0.2, -0.15) is 4.80 Å². The number of aromatic nitrogens is 4. The lowest BCUT2D eigenvalue weighted by atomic mass is 10.1. The van der Waals surface area contributed by atoms with Gasteiger partial charge in [0.15, 0.2) is 5.76 Å². The van der Waals surface area contributed by atoms with Crippen LogP contribution in [0.4, 0.5) is 5.69 Å². The summed E-state index contributed by atoms with van der Waals surface area (Å²) in [7, 11) is 0. The molecule has 0 aliphatic carbocycles. The van der Waals surface area contributed by atoms with E-state index in [1.54, 1.807) is 12.1 Å². The second-order valence-corrected chi connectivity index (χ2v) is 8.12. The van der Waals surface area contributed by atoms with Crippen molar-refractivity contribution < 1.29 is 14.0 Å². The number of furan rings is 1. The molecule has 9 nitrogen and oxygen atoms in total. The summed E-state index contributed by atoms with van der Waals surface area (Å²) >= 11 is 0. The van der Waals surface area contributed by atoms with Crippen molar-refractivity contribution in [2.75, 3.05) is 11.4 Å². The molecule has 1 N–H and O–H groups in total. The summed E-state index contributed by atoms with van der Waals surface area (Å²) in [6, 6.07) is 11.0. The van der Waals surface area contributed by atoms with Crippen LogP contribution >= 0.6 is 0 Å². The predicted octanol–water partition coefficient (Wildman–Crippen LogP) is 2.50. The molecule has 2 amide bonds. The van der Waals surface area contributed by atoms with E-state index < -0.39 is 5.54 Å². The Morgan fingerprint density at radius 1 is 1.13 bits per heavy atom. The molecule has 0 fully saturated rings. The maximum absolute atomic E-state index is 13.1. The van der Waals surface area contributed by atoms with E-state index in [0.29, 0.717) is 17.3 Å². The number of hydrogen-bond donors (Lipinski definition) is 1. The summed E-state index contributed by atoms with van der Waals surface area (Å²) in [6.45, 7) is 9.11. The zero-order valence-electron chi connectivity index (χ0n) is 17.8. The second kappa shape index (κ2) is 8.48. The van der Waals surface area contributed by atoms with Crippen molar-refractivity contribution >= 4 is 17.5 Å². The fourth-order valence-corrected chi connectivity index (χ4v) is 2.95. The number of benzene rings is 1. The highest BCUT2D eigenvalue weighted by Gasteiger charge is 2.24. The maximum Gasteiger partial charge on any atom is 0.251 e. The van der Waals surface area contributed by atoms with Gasteiger partial charge in [0.2, 0.25) is 11.7 Å². The highest BCUT2D eigenvalue weighted by Crippen LogP contribution is 2.20. The quantitative estimate of drug-likeness (QED) is 0.669. The smallest absolute Gasteiger partial charge is 0.251 e. The number of carbonyl (C=O) groups excluding carboxylic acids is 2. The minimum Gasteiger partial charge on any atom is -0.458 e. The van der Waals surface area contributed by atoms with Gasteiger partial charge < -0.3 is 14.6 Å². The summed E-state index contributed by atoms with van der Waals surface area (Å²) in [6.07, 6.45) is 0. The third-order valence-electron chi connectivity index (χ3n) is 4.21. The molecule has 0 aliphatic heterocycles. The Hall–Kier alpha value is -3.49. The number of anilines is 1. The molecule has 0 bridgehead atoms. The number of para-hydroxylation sites is 1. The third-order valence-corrected chi connectivity index (χ3v) is 4.21. The van der Waals surface area contributed by atoms with Crippen molar-refractivity contribution in [1.29, 1.82) is 0 Å². The van der Waals surface area contributed by atoms with E-state index in [0.717, 1.165) is 11.3 Å². The number of hydrogen-bond acceptors (Lipinski definition) is 6. The van der Waals surface area contributed by atoms with E-state index in [1.807, 2.05) is 58.9 Å². The Kier molecular flexibility index (Phi) is 6.00. The van der Waals surface area contributed by atoms with Gasteiger partial charge in [-0.25, -0.2) is 0 Å². The molecule has 0 unspecified atom stereocenters. The molecular weight excluding hydrogens is 384 g/mol. The Labute approximate surface area is 175 Å². The summed E-state index contributed by atoms with van der Waals surface area (Å²) in [5.74, 6) is 0.925. The second-order valence-electron chi connectivity index (χ2n) is 8.12. The SMILES string of the molecule is Cc1ccc(-c2nnn(CC(=O)N(CC(=O)NC(C)(C)C)c3ccccc3C)n2)o1. The van der Waals surface area contributed by atoms with E-state index in [4.69, 9.17) is 4.42 Å². The van der Waals surface area contributed by atoms with Crippen molar-refractivity contribution in [1.82, 2.24) is 25.5 Å². The first-order valence-electron chi connectivity index (χ1n) is 9.64. The van der Waals surface area contributed by atoms with E-state index >= 15 is 0 Å². The van der Waals surface area contributed by atoms with Gasteiger partial charge in [-0.1, -0.05) is 18.2 Å². The molecule has 0 spiro atoms. The molecule has 0 saturated heterocycles. The highest BCUT2D eigenvalue weighted by atomic mass is 16.3. The normalized spacial score (nSPS) is 11.4. The van der Waals surface area contributed by atoms with Gasteiger partial charge in [0, 0.05) is 11.2 Å². The molecule has 0 saturated carbocycles. The van der Waals surface area contributed by atoms with Crippen LogP contribution in [-0.2, 0) is 16.1 Å². The standard InChI is InChI=1S/C21H26N6O3/c1-14-8-6-7-9-16(14)26(12-18(28)22-21(3,4)5)19(29)13-27-24-20(23-25-27)17-11-10-15(2)30-17/h6-11H,12-13H2,1-5H3,(H,22,28). The lowest BCUT2D eigenvalue weighted by Crippen LogP contribution is -2.48. The summed E-state index contributed by atoms with van der Waals surface area (Å²) in [4.78, 5) is 28.3. The van der Waals surface area contributed by atoms with Crippen LogP contribution in [0.15, 0.2) is 40.8 Å². The Bertz CT molecular complexity index is 1050. The Balaban J connectivity index is 1.81. The molecule has 0 radical (unpaired) electrons. The van der Waals surface area contributed by atoms with E-state index in [9.17, 15) is 9.59 Å². The topological polar surface area (TPSA) is 106 Å². The zero-order chi connectivity index (χ0) is 21.9. The highest BCUT2D eigenvalue weighted by molar-refractivity contribution is 5.99. The molecule has 3 aromatic rings. The summed E-state index contributed by atoms with van der Waals surface area (Å²) in [5.41, 5.74) is 1.14. The number of rotatable bonds is 6. The molecule has 9 heteroatoms. The number of aryl methyl sites for hydroxylation is 2. The molecule has 2 heterocycles. The van der Waals surface area contributed by atoms with Crippen LogP contribution in [0.2, 0.25) is 0 Å². The van der Waals surface area contributed by atoms with E-state index in [2.05, 4.69) is 20.7 Å². The monoisotopic (exact) mass is 410 g/mol. The van der Waals surface area contributed by atoms with Crippen molar-refractivity contribution in [2.24, 2.45) is 0 Å². The van der Waals surface area contributed by atoms with Gasteiger partial charge in [0.1, 0.15) is 18.8 Å². The number of carbonyl (C=O) groups is 2. The molecule has 1 aromatic carbocycles. The maximum atomic E-state index is 13.1. The lowest BCUT2D eigenvalue weighted by molar-refractivity contribution is -0.125. The number of nitrogens with zero attached hydrogens (tertiary/aromatic N) is 5. The van der Waals surface area contributed by atoms with Crippen LogP contribution in [0.1, 0.15) is 32.1 Å².